The molecule has 0 bridgehead atoms. The highest BCUT2D eigenvalue weighted by Crippen LogP contribution is 2.25. The van der Waals surface area contributed by atoms with Crippen LogP contribution in [0.15, 0.2) is 54.6 Å². The van der Waals surface area contributed by atoms with Crippen molar-refractivity contribution in [2.45, 2.75) is 12.3 Å². The molecule has 0 N–H and O–H groups in total. The molecule has 0 aromatic heterocycles. The zero-order valence-corrected chi connectivity index (χ0v) is 12.6. The van der Waals surface area contributed by atoms with Gasteiger partial charge in [-0.15, -0.1) is 0 Å². The second-order valence-corrected chi connectivity index (χ2v) is 4.84. The van der Waals surface area contributed by atoms with Gasteiger partial charge < -0.3 is 9.47 Å². The summed E-state index contributed by atoms with van der Waals surface area (Å²) in [6.45, 7) is 0. The number of carbonyl (C=O) groups excluding carboxylic acids is 2. The lowest BCUT2D eigenvalue weighted by Gasteiger charge is -2.15. The van der Waals surface area contributed by atoms with Crippen LogP contribution in [0, 0.1) is 0 Å². The summed E-state index contributed by atoms with van der Waals surface area (Å²) in [5.41, 5.74) is 1.32. The number of benzene rings is 2. The van der Waals surface area contributed by atoms with Gasteiger partial charge in [0.25, 0.3) is 0 Å². The Hall–Kier alpha value is -2.62. The predicted molar refractivity (Wildman–Crippen MR) is 83.1 cm³/mol. The van der Waals surface area contributed by atoms with Gasteiger partial charge in [0.1, 0.15) is 5.75 Å². The molecule has 0 aliphatic carbocycles. The van der Waals surface area contributed by atoms with Crippen molar-refractivity contribution in [2.75, 3.05) is 14.2 Å². The molecular weight excluding hydrogens is 280 g/mol. The van der Waals surface area contributed by atoms with Gasteiger partial charge in [-0.05, 0) is 17.7 Å². The first kappa shape index (κ1) is 15.8. The molecule has 0 heterocycles. The van der Waals surface area contributed by atoms with Gasteiger partial charge >= 0.3 is 5.97 Å². The molecule has 0 saturated carbocycles. The monoisotopic (exact) mass is 298 g/mol. The van der Waals surface area contributed by atoms with Gasteiger partial charge in [0.05, 0.1) is 20.1 Å². The van der Waals surface area contributed by atoms with Gasteiger partial charge in [-0.1, -0.05) is 42.5 Å². The van der Waals surface area contributed by atoms with Gasteiger partial charge in [0, 0.05) is 12.0 Å². The van der Waals surface area contributed by atoms with E-state index in [1.807, 2.05) is 6.07 Å². The zero-order valence-electron chi connectivity index (χ0n) is 12.6. The second kappa shape index (κ2) is 7.41. The molecule has 1 atom stereocenters. The van der Waals surface area contributed by atoms with E-state index >= 15 is 0 Å². The molecule has 22 heavy (non-hydrogen) atoms. The number of hydrogen-bond donors (Lipinski definition) is 0. The van der Waals surface area contributed by atoms with Crippen molar-refractivity contribution in [1.29, 1.82) is 0 Å². The Bertz CT molecular complexity index is 632. The van der Waals surface area contributed by atoms with Crippen molar-refractivity contribution in [3.8, 4) is 5.75 Å². The van der Waals surface area contributed by atoms with E-state index in [1.54, 1.807) is 55.6 Å². The maximum atomic E-state index is 12.3. The summed E-state index contributed by atoms with van der Waals surface area (Å²) in [7, 11) is 2.90. The van der Waals surface area contributed by atoms with E-state index < -0.39 is 11.9 Å². The topological polar surface area (TPSA) is 52.6 Å². The van der Waals surface area contributed by atoms with E-state index in [0.29, 0.717) is 11.3 Å². The molecule has 0 saturated heterocycles. The van der Waals surface area contributed by atoms with Crippen LogP contribution >= 0.6 is 0 Å². The van der Waals surface area contributed by atoms with E-state index in [2.05, 4.69) is 0 Å². The number of ether oxygens (including phenoxy) is 2. The van der Waals surface area contributed by atoms with Crippen LogP contribution in [-0.2, 0) is 9.53 Å². The van der Waals surface area contributed by atoms with Crippen LogP contribution in [0.4, 0.5) is 0 Å². The zero-order chi connectivity index (χ0) is 15.9. The third-order valence-corrected chi connectivity index (χ3v) is 3.49. The van der Waals surface area contributed by atoms with Gasteiger partial charge in [-0.3, -0.25) is 9.59 Å². The highest BCUT2D eigenvalue weighted by atomic mass is 16.5. The molecule has 2 aromatic rings. The highest BCUT2D eigenvalue weighted by molar-refractivity contribution is 5.99. The number of ketones is 1. The largest absolute Gasteiger partial charge is 0.497 e. The van der Waals surface area contributed by atoms with E-state index in [-0.39, 0.29) is 12.2 Å². The summed E-state index contributed by atoms with van der Waals surface area (Å²) in [6, 6.07) is 16.0. The number of rotatable bonds is 6. The lowest BCUT2D eigenvalue weighted by Crippen LogP contribution is -2.18. The molecule has 2 rings (SSSR count). The summed E-state index contributed by atoms with van der Waals surface area (Å²) in [4.78, 5) is 24.4. The standard InChI is InChI=1S/C18H18O4/c1-21-15-10-8-13(9-11-15)16(18(20)22-2)12-17(19)14-6-4-3-5-7-14/h3-11,16H,12H2,1-2H3. The molecule has 114 valence electrons. The molecule has 1 unspecified atom stereocenters. The van der Waals surface area contributed by atoms with Crippen LogP contribution in [0.3, 0.4) is 0 Å². The molecule has 0 spiro atoms. The fourth-order valence-electron chi connectivity index (χ4n) is 2.24. The summed E-state index contributed by atoms with van der Waals surface area (Å²) in [6.07, 6.45) is 0.0724. The SMILES string of the molecule is COC(=O)C(CC(=O)c1ccccc1)c1ccc(OC)cc1. The summed E-state index contributed by atoms with van der Waals surface area (Å²) in [5, 5.41) is 0. The number of hydrogen-bond acceptors (Lipinski definition) is 4. The quantitative estimate of drug-likeness (QED) is 0.607. The van der Waals surface area contributed by atoms with Gasteiger partial charge in [-0.2, -0.15) is 0 Å². The van der Waals surface area contributed by atoms with Gasteiger partial charge in [0.15, 0.2) is 5.78 Å². The number of Topliss-reactive ketones (excluding diaryl/α,β-unsaturated/α-hetero) is 1. The van der Waals surface area contributed by atoms with Crippen LogP contribution in [-0.4, -0.2) is 26.0 Å². The first-order valence-corrected chi connectivity index (χ1v) is 6.95. The van der Waals surface area contributed by atoms with Crippen molar-refractivity contribution in [1.82, 2.24) is 0 Å². The summed E-state index contributed by atoms with van der Waals surface area (Å²) >= 11 is 0. The van der Waals surface area contributed by atoms with Crippen LogP contribution in [0.25, 0.3) is 0 Å². The van der Waals surface area contributed by atoms with Crippen LogP contribution in [0.2, 0.25) is 0 Å². The van der Waals surface area contributed by atoms with Crippen molar-refractivity contribution in [2.24, 2.45) is 0 Å². The minimum atomic E-state index is -0.622. The van der Waals surface area contributed by atoms with E-state index in [1.165, 1.54) is 7.11 Å². The highest BCUT2D eigenvalue weighted by Gasteiger charge is 2.25. The average molecular weight is 298 g/mol. The Balaban J connectivity index is 2.22. The number of methoxy groups -OCH3 is 2. The fourth-order valence-corrected chi connectivity index (χ4v) is 2.24. The Morgan fingerprint density at radius 1 is 0.955 bits per heavy atom. The van der Waals surface area contributed by atoms with Crippen LogP contribution in [0.1, 0.15) is 28.3 Å². The minimum Gasteiger partial charge on any atom is -0.497 e. The Morgan fingerprint density at radius 2 is 1.59 bits per heavy atom. The molecule has 4 heteroatoms. The number of carbonyl (C=O) groups is 2. The van der Waals surface area contributed by atoms with Crippen LogP contribution in [0.5, 0.6) is 5.75 Å². The lowest BCUT2D eigenvalue weighted by molar-refractivity contribution is -0.142. The van der Waals surface area contributed by atoms with Crippen molar-refractivity contribution >= 4 is 11.8 Å². The molecule has 4 nitrogen and oxygen atoms in total. The normalized spacial score (nSPS) is 11.5. The fraction of sp³-hybridized carbons (Fsp3) is 0.222. The van der Waals surface area contributed by atoms with E-state index in [9.17, 15) is 9.59 Å². The first-order valence-electron chi connectivity index (χ1n) is 6.95. The third kappa shape index (κ3) is 3.73. The molecule has 0 radical (unpaired) electrons. The minimum absolute atomic E-state index is 0.0724. The van der Waals surface area contributed by atoms with Crippen molar-refractivity contribution < 1.29 is 19.1 Å². The molecular formula is C18H18O4. The smallest absolute Gasteiger partial charge is 0.313 e. The number of esters is 1. The Kier molecular flexibility index (Phi) is 5.31. The molecule has 0 amide bonds. The third-order valence-electron chi connectivity index (χ3n) is 3.49. The lowest BCUT2D eigenvalue weighted by atomic mass is 9.91. The maximum Gasteiger partial charge on any atom is 0.313 e. The molecule has 0 aliphatic heterocycles. The summed E-state index contributed by atoms with van der Waals surface area (Å²) in [5.74, 6) is -0.438. The summed E-state index contributed by atoms with van der Waals surface area (Å²) < 4.78 is 9.94. The van der Waals surface area contributed by atoms with Gasteiger partial charge in [-0.25, -0.2) is 0 Å². The average Bonchev–Trinajstić information content (AvgIpc) is 2.59. The van der Waals surface area contributed by atoms with Gasteiger partial charge in [0.2, 0.25) is 0 Å². The van der Waals surface area contributed by atoms with E-state index in [0.717, 1.165) is 5.56 Å². The van der Waals surface area contributed by atoms with Crippen LogP contribution < -0.4 is 4.74 Å². The second-order valence-electron chi connectivity index (χ2n) is 4.84. The predicted octanol–water partition coefficient (Wildman–Crippen LogP) is 3.22. The van der Waals surface area contributed by atoms with Crippen molar-refractivity contribution in [3.05, 3.63) is 65.7 Å². The van der Waals surface area contributed by atoms with Crippen molar-refractivity contribution in [3.63, 3.8) is 0 Å². The Morgan fingerprint density at radius 3 is 2.14 bits per heavy atom. The molecule has 2 aromatic carbocycles. The molecule has 0 aliphatic rings. The molecule has 0 fully saturated rings. The maximum absolute atomic E-state index is 12.3. The van der Waals surface area contributed by atoms with E-state index in [4.69, 9.17) is 9.47 Å². The first-order chi connectivity index (χ1) is 10.7. The Labute approximate surface area is 129 Å².